The molecule has 0 amide bonds. The summed E-state index contributed by atoms with van der Waals surface area (Å²) in [6.07, 6.45) is 0.835. The van der Waals surface area contributed by atoms with Crippen molar-refractivity contribution in [3.63, 3.8) is 0 Å². The molecule has 0 aliphatic carbocycles. The van der Waals surface area contributed by atoms with Crippen LogP contribution in [0, 0.1) is 0 Å². The van der Waals surface area contributed by atoms with Gasteiger partial charge in [-0.1, -0.05) is 28.1 Å². The molecule has 0 aliphatic rings. The highest BCUT2D eigenvalue weighted by Gasteiger charge is 2.10. The SMILES string of the molecule is NCCc1cc(Br)ccc1Sc1nc2ccccc2o1. The average Bonchev–Trinajstić information content (AvgIpc) is 2.84. The van der Waals surface area contributed by atoms with E-state index >= 15 is 0 Å². The van der Waals surface area contributed by atoms with Gasteiger partial charge in [0.05, 0.1) is 0 Å². The lowest BCUT2D eigenvalue weighted by atomic mass is 10.1. The lowest BCUT2D eigenvalue weighted by Crippen LogP contribution is -2.03. The molecule has 3 aromatic rings. The molecule has 3 nitrogen and oxygen atoms in total. The molecule has 20 heavy (non-hydrogen) atoms. The summed E-state index contributed by atoms with van der Waals surface area (Å²) in [5, 5.41) is 0.659. The fraction of sp³-hybridized carbons (Fsp3) is 0.133. The van der Waals surface area contributed by atoms with Gasteiger partial charge < -0.3 is 10.2 Å². The summed E-state index contributed by atoms with van der Waals surface area (Å²) < 4.78 is 6.80. The van der Waals surface area contributed by atoms with Gasteiger partial charge in [0.1, 0.15) is 5.52 Å². The molecular weight excluding hydrogens is 336 g/mol. The van der Waals surface area contributed by atoms with Gasteiger partial charge in [0.25, 0.3) is 5.22 Å². The normalized spacial score (nSPS) is 11.1. The molecule has 1 heterocycles. The third kappa shape index (κ3) is 2.90. The lowest BCUT2D eigenvalue weighted by Gasteiger charge is -2.06. The standard InChI is InChI=1S/C15H13BrN2OS/c16-11-5-6-14(10(9-11)7-8-17)20-15-18-12-3-1-2-4-13(12)19-15/h1-6,9H,7-8,17H2. The van der Waals surface area contributed by atoms with Crippen LogP contribution in [-0.2, 0) is 6.42 Å². The van der Waals surface area contributed by atoms with Crippen molar-refractivity contribution in [1.82, 2.24) is 4.98 Å². The van der Waals surface area contributed by atoms with Crippen LogP contribution in [0.3, 0.4) is 0 Å². The molecule has 0 aliphatic heterocycles. The predicted octanol–water partition coefficient (Wildman–Crippen LogP) is 4.24. The Morgan fingerprint density at radius 1 is 1.20 bits per heavy atom. The van der Waals surface area contributed by atoms with Gasteiger partial charge in [0, 0.05) is 9.37 Å². The quantitative estimate of drug-likeness (QED) is 0.765. The maximum absolute atomic E-state index is 5.74. The molecular formula is C15H13BrN2OS. The Labute approximate surface area is 129 Å². The van der Waals surface area contributed by atoms with Crippen LogP contribution in [0.25, 0.3) is 11.1 Å². The fourth-order valence-corrected chi connectivity index (χ4v) is 3.29. The maximum Gasteiger partial charge on any atom is 0.261 e. The highest BCUT2D eigenvalue weighted by molar-refractivity contribution is 9.10. The molecule has 0 radical (unpaired) electrons. The van der Waals surface area contributed by atoms with Crippen molar-refractivity contribution >= 4 is 38.8 Å². The van der Waals surface area contributed by atoms with E-state index in [0.717, 1.165) is 26.9 Å². The van der Waals surface area contributed by atoms with Crippen LogP contribution in [0.15, 0.2) is 61.5 Å². The number of hydrogen-bond donors (Lipinski definition) is 1. The lowest BCUT2D eigenvalue weighted by molar-refractivity contribution is 0.489. The number of halogens is 1. The molecule has 0 atom stereocenters. The van der Waals surface area contributed by atoms with Crippen molar-refractivity contribution in [3.8, 4) is 0 Å². The van der Waals surface area contributed by atoms with Crippen LogP contribution in [0.2, 0.25) is 0 Å². The van der Waals surface area contributed by atoms with Gasteiger partial charge in [-0.25, -0.2) is 4.98 Å². The predicted molar refractivity (Wildman–Crippen MR) is 85.0 cm³/mol. The zero-order valence-corrected chi connectivity index (χ0v) is 13.1. The molecule has 0 saturated carbocycles. The number of nitrogens with zero attached hydrogens (tertiary/aromatic N) is 1. The Kier molecular flexibility index (Phi) is 4.10. The van der Waals surface area contributed by atoms with E-state index in [0.29, 0.717) is 11.8 Å². The highest BCUT2D eigenvalue weighted by atomic mass is 79.9. The molecule has 3 rings (SSSR count). The van der Waals surface area contributed by atoms with Gasteiger partial charge in [-0.3, -0.25) is 0 Å². The number of hydrogen-bond acceptors (Lipinski definition) is 4. The Morgan fingerprint density at radius 3 is 2.85 bits per heavy atom. The number of para-hydroxylation sites is 2. The molecule has 102 valence electrons. The van der Waals surface area contributed by atoms with E-state index in [1.807, 2.05) is 30.3 Å². The van der Waals surface area contributed by atoms with Crippen molar-refractivity contribution in [3.05, 3.63) is 52.5 Å². The van der Waals surface area contributed by atoms with Crippen LogP contribution in [0.1, 0.15) is 5.56 Å². The Balaban J connectivity index is 1.93. The monoisotopic (exact) mass is 348 g/mol. The van der Waals surface area contributed by atoms with E-state index in [9.17, 15) is 0 Å². The van der Waals surface area contributed by atoms with Gasteiger partial charge in [-0.2, -0.15) is 0 Å². The summed E-state index contributed by atoms with van der Waals surface area (Å²) in [7, 11) is 0. The summed E-state index contributed by atoms with van der Waals surface area (Å²) >= 11 is 5.03. The molecule has 0 saturated heterocycles. The smallest absolute Gasteiger partial charge is 0.261 e. The zero-order chi connectivity index (χ0) is 13.9. The minimum Gasteiger partial charge on any atom is -0.431 e. The largest absolute Gasteiger partial charge is 0.431 e. The number of aromatic nitrogens is 1. The van der Waals surface area contributed by atoms with Crippen LogP contribution >= 0.6 is 27.7 Å². The first-order valence-electron chi connectivity index (χ1n) is 6.28. The molecule has 0 bridgehead atoms. The third-order valence-corrected chi connectivity index (χ3v) is 4.37. The van der Waals surface area contributed by atoms with Crippen LogP contribution < -0.4 is 5.73 Å². The second-order valence-corrected chi connectivity index (χ2v) is 6.25. The minimum atomic E-state index is 0.623. The van der Waals surface area contributed by atoms with E-state index < -0.39 is 0 Å². The molecule has 0 fully saturated rings. The Hall–Kier alpha value is -1.30. The second-order valence-electron chi connectivity index (χ2n) is 4.34. The van der Waals surface area contributed by atoms with E-state index in [4.69, 9.17) is 10.2 Å². The fourth-order valence-electron chi connectivity index (χ4n) is 1.99. The third-order valence-electron chi connectivity index (χ3n) is 2.91. The minimum absolute atomic E-state index is 0.623. The van der Waals surface area contributed by atoms with Gasteiger partial charge in [-0.15, -0.1) is 0 Å². The molecule has 0 unspecified atom stereocenters. The summed E-state index contributed by atoms with van der Waals surface area (Å²) in [5.41, 5.74) is 8.57. The summed E-state index contributed by atoms with van der Waals surface area (Å²) in [5.74, 6) is 0. The van der Waals surface area contributed by atoms with Crippen LogP contribution in [-0.4, -0.2) is 11.5 Å². The van der Waals surface area contributed by atoms with E-state index in [1.54, 1.807) is 0 Å². The zero-order valence-electron chi connectivity index (χ0n) is 10.7. The number of nitrogens with two attached hydrogens (primary N) is 1. The van der Waals surface area contributed by atoms with Crippen LogP contribution in [0.4, 0.5) is 0 Å². The van der Waals surface area contributed by atoms with E-state index in [-0.39, 0.29) is 0 Å². The average molecular weight is 349 g/mol. The Morgan fingerprint density at radius 2 is 2.05 bits per heavy atom. The summed E-state index contributed by atoms with van der Waals surface area (Å²) in [6, 6.07) is 14.0. The van der Waals surface area contributed by atoms with Gasteiger partial charge >= 0.3 is 0 Å². The summed E-state index contributed by atoms with van der Waals surface area (Å²) in [6.45, 7) is 0.623. The Bertz CT molecular complexity index is 709. The first kappa shape index (κ1) is 13.7. The number of rotatable bonds is 4. The number of fused-ring (bicyclic) bond motifs is 1. The van der Waals surface area contributed by atoms with Crippen molar-refractivity contribution in [2.75, 3.05) is 6.54 Å². The second kappa shape index (κ2) is 5.99. The first-order chi connectivity index (χ1) is 9.76. The molecule has 0 spiro atoms. The van der Waals surface area contributed by atoms with Crippen molar-refractivity contribution < 1.29 is 4.42 Å². The molecule has 2 aromatic carbocycles. The van der Waals surface area contributed by atoms with Gasteiger partial charge in [0.15, 0.2) is 5.58 Å². The van der Waals surface area contributed by atoms with E-state index in [2.05, 4.69) is 33.0 Å². The maximum atomic E-state index is 5.74. The van der Waals surface area contributed by atoms with E-state index in [1.165, 1.54) is 17.3 Å². The highest BCUT2D eigenvalue weighted by Crippen LogP contribution is 2.33. The molecule has 5 heteroatoms. The van der Waals surface area contributed by atoms with Crippen molar-refractivity contribution in [1.29, 1.82) is 0 Å². The summed E-state index contributed by atoms with van der Waals surface area (Å²) in [4.78, 5) is 5.61. The number of oxazole rings is 1. The topological polar surface area (TPSA) is 52.0 Å². The van der Waals surface area contributed by atoms with Gasteiger partial charge in [0.2, 0.25) is 0 Å². The molecule has 2 N–H and O–H groups in total. The van der Waals surface area contributed by atoms with Crippen LogP contribution in [0.5, 0.6) is 0 Å². The molecule has 1 aromatic heterocycles. The first-order valence-corrected chi connectivity index (χ1v) is 7.89. The number of benzene rings is 2. The van der Waals surface area contributed by atoms with Crippen molar-refractivity contribution in [2.45, 2.75) is 16.5 Å². The van der Waals surface area contributed by atoms with Crippen molar-refractivity contribution in [2.24, 2.45) is 5.73 Å². The van der Waals surface area contributed by atoms with Gasteiger partial charge in [-0.05, 0) is 60.6 Å².